The van der Waals surface area contributed by atoms with E-state index in [-0.39, 0.29) is 30.9 Å². The van der Waals surface area contributed by atoms with Gasteiger partial charge in [0.05, 0.1) is 12.1 Å². The van der Waals surface area contributed by atoms with Crippen LogP contribution >= 0.6 is 22.9 Å². The van der Waals surface area contributed by atoms with Gasteiger partial charge in [0.25, 0.3) is 0 Å². The molecule has 0 aliphatic heterocycles. The van der Waals surface area contributed by atoms with Gasteiger partial charge in [-0.2, -0.15) is 4.39 Å². The predicted molar refractivity (Wildman–Crippen MR) is 107 cm³/mol. The van der Waals surface area contributed by atoms with Gasteiger partial charge in [0.2, 0.25) is 5.82 Å². The van der Waals surface area contributed by atoms with Crippen LogP contribution in [0.2, 0.25) is 5.02 Å². The van der Waals surface area contributed by atoms with Crippen LogP contribution in [0.3, 0.4) is 0 Å². The monoisotopic (exact) mass is 424 g/mol. The fourth-order valence-corrected chi connectivity index (χ4v) is 4.06. The van der Waals surface area contributed by atoms with Crippen molar-refractivity contribution in [1.29, 1.82) is 0 Å². The summed E-state index contributed by atoms with van der Waals surface area (Å²) in [5, 5.41) is 11.1. The Morgan fingerprint density at radius 1 is 1.07 bits per heavy atom. The fourth-order valence-electron chi connectivity index (χ4n) is 2.78. The molecule has 0 spiro atoms. The molecule has 1 heterocycles. The van der Waals surface area contributed by atoms with E-state index in [0.29, 0.717) is 17.0 Å². The Bertz CT molecular complexity index is 942. The summed E-state index contributed by atoms with van der Waals surface area (Å²) in [5.74, 6) is -1.42. The van der Waals surface area contributed by atoms with E-state index in [2.05, 4.69) is 0 Å². The second-order valence-corrected chi connectivity index (χ2v) is 7.37. The molecular formula is C21H19ClF2O3S. The highest BCUT2D eigenvalue weighted by Gasteiger charge is 2.17. The van der Waals surface area contributed by atoms with Gasteiger partial charge in [0.15, 0.2) is 11.6 Å². The molecule has 0 saturated carbocycles. The number of hydrogen-bond acceptors (Lipinski definition) is 4. The summed E-state index contributed by atoms with van der Waals surface area (Å²) >= 11 is 7.74. The molecule has 0 aliphatic carbocycles. The van der Waals surface area contributed by atoms with Crippen molar-refractivity contribution in [2.45, 2.75) is 19.4 Å². The first-order valence-electron chi connectivity index (χ1n) is 8.66. The molecule has 2 aromatic carbocycles. The smallest absolute Gasteiger partial charge is 0.200 e. The fraction of sp³-hybridized carbons (Fsp3) is 0.238. The highest BCUT2D eigenvalue weighted by molar-refractivity contribution is 7.14. The van der Waals surface area contributed by atoms with Gasteiger partial charge >= 0.3 is 0 Å². The summed E-state index contributed by atoms with van der Waals surface area (Å²) in [4.78, 5) is 0.896. The summed E-state index contributed by atoms with van der Waals surface area (Å²) in [6.07, 6.45) is 0.629. The molecule has 3 rings (SSSR count). The number of hydrogen-bond donors (Lipinski definition) is 1. The van der Waals surface area contributed by atoms with Crippen molar-refractivity contribution in [3.8, 4) is 21.9 Å². The molecule has 0 bridgehead atoms. The van der Waals surface area contributed by atoms with Crippen LogP contribution in [-0.4, -0.2) is 18.8 Å². The van der Waals surface area contributed by atoms with Crippen LogP contribution in [0.1, 0.15) is 17.5 Å². The zero-order chi connectivity index (χ0) is 20.1. The van der Waals surface area contributed by atoms with E-state index in [1.807, 2.05) is 24.3 Å². The van der Waals surface area contributed by atoms with Crippen molar-refractivity contribution in [3.05, 3.63) is 69.6 Å². The summed E-state index contributed by atoms with van der Waals surface area (Å²) in [6, 6.07) is 10.4. The number of thiophene rings is 1. The minimum absolute atomic E-state index is 0.00996. The summed E-state index contributed by atoms with van der Waals surface area (Å²) < 4.78 is 39.2. The third-order valence-corrected chi connectivity index (χ3v) is 5.84. The third kappa shape index (κ3) is 4.46. The largest absolute Gasteiger partial charge is 0.497 e. The van der Waals surface area contributed by atoms with Gasteiger partial charge in [0, 0.05) is 22.4 Å². The molecule has 0 fully saturated rings. The predicted octanol–water partition coefficient (Wildman–Crippen LogP) is 5.86. The second-order valence-electron chi connectivity index (χ2n) is 6.09. The number of halogens is 3. The molecule has 1 N–H and O–H groups in total. The second kappa shape index (κ2) is 9.37. The van der Waals surface area contributed by atoms with Gasteiger partial charge < -0.3 is 14.6 Å². The van der Waals surface area contributed by atoms with Crippen LogP contribution in [0, 0.1) is 11.6 Å². The molecule has 0 radical (unpaired) electrons. The first-order valence-corrected chi connectivity index (χ1v) is 9.91. The van der Waals surface area contributed by atoms with Crippen molar-refractivity contribution in [3.63, 3.8) is 0 Å². The van der Waals surface area contributed by atoms with E-state index in [1.54, 1.807) is 12.5 Å². The standard InChI is InChI=1S/C21H19ClF2O3S/c1-26-15-7-4-14(5-8-15)21-16(17(22)12-28-21)11-27-18-9-6-13(3-2-10-25)19(23)20(18)24/h4-9,12,25H,2-3,10-11H2,1H3. The van der Waals surface area contributed by atoms with Gasteiger partial charge in [-0.1, -0.05) is 17.7 Å². The van der Waals surface area contributed by atoms with Crippen LogP contribution in [-0.2, 0) is 13.0 Å². The third-order valence-electron chi connectivity index (χ3n) is 4.30. The van der Waals surface area contributed by atoms with Gasteiger partial charge in [-0.15, -0.1) is 11.3 Å². The molecule has 3 nitrogen and oxygen atoms in total. The normalized spacial score (nSPS) is 10.9. The summed E-state index contributed by atoms with van der Waals surface area (Å²) in [5.41, 5.74) is 1.86. The Labute approximate surface area is 171 Å². The van der Waals surface area contributed by atoms with Crippen LogP contribution < -0.4 is 9.47 Å². The van der Waals surface area contributed by atoms with Crippen LogP contribution in [0.4, 0.5) is 8.78 Å². The number of benzene rings is 2. The molecule has 0 unspecified atom stereocenters. The van der Waals surface area contributed by atoms with Crippen molar-refractivity contribution in [2.24, 2.45) is 0 Å². The molecule has 0 atom stereocenters. The SMILES string of the molecule is COc1ccc(-c2scc(Cl)c2COc2ccc(CCCO)c(F)c2F)cc1. The van der Waals surface area contributed by atoms with Gasteiger partial charge in [-0.3, -0.25) is 0 Å². The van der Waals surface area contributed by atoms with Crippen molar-refractivity contribution >= 4 is 22.9 Å². The first kappa shape index (κ1) is 20.6. The highest BCUT2D eigenvalue weighted by Crippen LogP contribution is 2.37. The highest BCUT2D eigenvalue weighted by atomic mass is 35.5. The van der Waals surface area contributed by atoms with E-state index in [9.17, 15) is 8.78 Å². The maximum atomic E-state index is 14.3. The average Bonchev–Trinajstić information content (AvgIpc) is 3.09. The van der Waals surface area contributed by atoms with Gasteiger partial charge in [-0.05, 0) is 54.3 Å². The van der Waals surface area contributed by atoms with E-state index < -0.39 is 11.6 Å². The number of aryl methyl sites for hydroxylation is 1. The lowest BCUT2D eigenvalue weighted by Crippen LogP contribution is -2.02. The summed E-state index contributed by atoms with van der Waals surface area (Å²) in [6.45, 7) is -0.0693. The van der Waals surface area contributed by atoms with E-state index in [4.69, 9.17) is 26.2 Å². The molecule has 3 aromatic rings. The number of ether oxygens (including phenoxy) is 2. The summed E-state index contributed by atoms with van der Waals surface area (Å²) in [7, 11) is 1.60. The van der Waals surface area contributed by atoms with Crippen LogP contribution in [0.15, 0.2) is 41.8 Å². The molecule has 0 aliphatic rings. The molecule has 0 amide bonds. The van der Waals surface area contributed by atoms with Crippen molar-refractivity contribution < 1.29 is 23.4 Å². The Morgan fingerprint density at radius 3 is 2.50 bits per heavy atom. The molecule has 28 heavy (non-hydrogen) atoms. The van der Waals surface area contributed by atoms with Crippen LogP contribution in [0.5, 0.6) is 11.5 Å². The van der Waals surface area contributed by atoms with Crippen molar-refractivity contribution in [2.75, 3.05) is 13.7 Å². The number of rotatable bonds is 8. The zero-order valence-corrected chi connectivity index (χ0v) is 16.7. The Hall–Kier alpha value is -2.15. The Morgan fingerprint density at radius 2 is 1.82 bits per heavy atom. The number of aliphatic hydroxyl groups is 1. The lowest BCUT2D eigenvalue weighted by molar-refractivity contribution is 0.281. The molecule has 148 valence electrons. The van der Waals surface area contributed by atoms with E-state index in [1.165, 1.54) is 23.5 Å². The Balaban J connectivity index is 1.80. The number of aliphatic hydroxyl groups excluding tert-OH is 1. The average molecular weight is 425 g/mol. The maximum Gasteiger partial charge on any atom is 0.200 e. The van der Waals surface area contributed by atoms with E-state index in [0.717, 1.165) is 16.2 Å². The maximum absolute atomic E-state index is 14.3. The van der Waals surface area contributed by atoms with Crippen molar-refractivity contribution in [1.82, 2.24) is 0 Å². The molecule has 1 aromatic heterocycles. The van der Waals surface area contributed by atoms with E-state index >= 15 is 0 Å². The van der Waals surface area contributed by atoms with Crippen LogP contribution in [0.25, 0.3) is 10.4 Å². The minimum Gasteiger partial charge on any atom is -0.497 e. The molecule has 0 saturated heterocycles. The topological polar surface area (TPSA) is 38.7 Å². The van der Waals surface area contributed by atoms with Gasteiger partial charge in [-0.25, -0.2) is 4.39 Å². The quantitative estimate of drug-likeness (QED) is 0.492. The molecule has 7 heteroatoms. The Kier molecular flexibility index (Phi) is 6.88. The lowest BCUT2D eigenvalue weighted by atomic mass is 10.1. The molecular weight excluding hydrogens is 406 g/mol. The lowest BCUT2D eigenvalue weighted by Gasteiger charge is -2.11. The van der Waals surface area contributed by atoms with Gasteiger partial charge in [0.1, 0.15) is 12.4 Å². The minimum atomic E-state index is -1.03. The first-order chi connectivity index (χ1) is 13.5. The zero-order valence-electron chi connectivity index (χ0n) is 15.2. The number of methoxy groups -OCH3 is 1.